The van der Waals surface area contributed by atoms with Crippen molar-refractivity contribution in [1.82, 2.24) is 4.72 Å². The van der Waals surface area contributed by atoms with Crippen LogP contribution in [0.25, 0.3) is 0 Å². The van der Waals surface area contributed by atoms with Crippen molar-refractivity contribution in [3.8, 4) is 0 Å². The largest absolute Gasteiger partial charge is 0.385 e. The van der Waals surface area contributed by atoms with Crippen LogP contribution in [0.2, 0.25) is 0 Å². The van der Waals surface area contributed by atoms with Crippen molar-refractivity contribution < 1.29 is 8.42 Å². The molecule has 2 N–H and O–H groups in total. The van der Waals surface area contributed by atoms with Crippen LogP contribution in [-0.2, 0) is 10.0 Å². The van der Waals surface area contributed by atoms with Crippen LogP contribution in [0, 0.1) is 5.41 Å². The molecule has 0 saturated heterocycles. The van der Waals surface area contributed by atoms with Gasteiger partial charge in [0.25, 0.3) is 0 Å². The quantitative estimate of drug-likeness (QED) is 0.844. The second kappa shape index (κ2) is 6.39. The molecule has 5 heteroatoms. The highest BCUT2D eigenvalue weighted by Gasteiger charge is 2.13. The van der Waals surface area contributed by atoms with Gasteiger partial charge in [-0.25, -0.2) is 13.1 Å². The molecule has 4 nitrogen and oxygen atoms in total. The molecule has 108 valence electrons. The maximum atomic E-state index is 11.9. The minimum Gasteiger partial charge on any atom is -0.385 e. The summed E-state index contributed by atoms with van der Waals surface area (Å²) < 4.78 is 26.3. The highest BCUT2D eigenvalue weighted by molar-refractivity contribution is 7.89. The van der Waals surface area contributed by atoms with Crippen molar-refractivity contribution in [3.05, 3.63) is 24.3 Å². The van der Waals surface area contributed by atoms with E-state index in [9.17, 15) is 8.42 Å². The Bertz CT molecular complexity index is 487. The first-order valence-electron chi connectivity index (χ1n) is 6.58. The molecule has 0 aliphatic carbocycles. The van der Waals surface area contributed by atoms with Gasteiger partial charge in [-0.05, 0) is 36.1 Å². The zero-order chi connectivity index (χ0) is 14.5. The van der Waals surface area contributed by atoms with Gasteiger partial charge in [0.2, 0.25) is 10.0 Å². The molecule has 0 radical (unpaired) electrons. The first-order valence-corrected chi connectivity index (χ1v) is 8.06. The van der Waals surface area contributed by atoms with Gasteiger partial charge in [0, 0.05) is 18.8 Å². The average Bonchev–Trinajstić information content (AvgIpc) is 2.34. The van der Waals surface area contributed by atoms with Crippen LogP contribution in [0.3, 0.4) is 0 Å². The van der Waals surface area contributed by atoms with Gasteiger partial charge < -0.3 is 5.32 Å². The first kappa shape index (κ1) is 16.0. The normalized spacial score (nSPS) is 12.4. The van der Waals surface area contributed by atoms with E-state index in [1.165, 1.54) is 0 Å². The minimum absolute atomic E-state index is 0.188. The van der Waals surface area contributed by atoms with Gasteiger partial charge >= 0.3 is 0 Å². The zero-order valence-corrected chi connectivity index (χ0v) is 13.0. The lowest BCUT2D eigenvalue weighted by Gasteiger charge is -2.19. The third-order valence-corrected chi connectivity index (χ3v) is 4.01. The fraction of sp³-hybridized carbons (Fsp3) is 0.571. The smallest absolute Gasteiger partial charge is 0.240 e. The number of benzene rings is 1. The van der Waals surface area contributed by atoms with Crippen LogP contribution in [0.1, 0.15) is 34.1 Å². The molecular weight excluding hydrogens is 260 g/mol. The lowest BCUT2D eigenvalue weighted by atomic mass is 9.97. The van der Waals surface area contributed by atoms with E-state index < -0.39 is 10.0 Å². The van der Waals surface area contributed by atoms with Crippen LogP contribution < -0.4 is 10.0 Å². The molecule has 0 aliphatic rings. The molecule has 19 heavy (non-hydrogen) atoms. The van der Waals surface area contributed by atoms with Crippen molar-refractivity contribution in [1.29, 1.82) is 0 Å². The number of rotatable bonds is 6. The van der Waals surface area contributed by atoms with Gasteiger partial charge in [0.05, 0.1) is 4.90 Å². The van der Waals surface area contributed by atoms with Gasteiger partial charge in [0.15, 0.2) is 0 Å². The Balaban J connectivity index is 2.71. The summed E-state index contributed by atoms with van der Waals surface area (Å²) in [5, 5.41) is 3.29. The van der Waals surface area contributed by atoms with E-state index in [0.29, 0.717) is 11.4 Å². The van der Waals surface area contributed by atoms with Crippen LogP contribution in [0.4, 0.5) is 5.69 Å². The monoisotopic (exact) mass is 284 g/mol. The molecule has 0 heterocycles. The van der Waals surface area contributed by atoms with Gasteiger partial charge in [-0.3, -0.25) is 0 Å². The van der Waals surface area contributed by atoms with E-state index in [1.54, 1.807) is 24.3 Å². The summed E-state index contributed by atoms with van der Waals surface area (Å²) in [4.78, 5) is 0.308. The second-order valence-corrected chi connectivity index (χ2v) is 7.60. The molecule has 0 unspecified atom stereocenters. The summed E-state index contributed by atoms with van der Waals surface area (Å²) in [5.41, 5.74) is 1.12. The lowest BCUT2D eigenvalue weighted by molar-refractivity contribution is 0.443. The van der Waals surface area contributed by atoms with Gasteiger partial charge in [0.1, 0.15) is 0 Å². The molecule has 0 spiro atoms. The van der Waals surface area contributed by atoms with Crippen molar-refractivity contribution in [2.24, 2.45) is 5.41 Å². The molecule has 0 aliphatic heterocycles. The Morgan fingerprint density at radius 1 is 1.11 bits per heavy atom. The predicted molar refractivity (Wildman–Crippen MR) is 79.9 cm³/mol. The lowest BCUT2D eigenvalue weighted by Crippen LogP contribution is -2.24. The maximum absolute atomic E-state index is 11.9. The summed E-state index contributed by atoms with van der Waals surface area (Å²) in [6.45, 7) is 9.68. The van der Waals surface area contributed by atoms with E-state index in [2.05, 4.69) is 30.8 Å². The average molecular weight is 284 g/mol. The zero-order valence-electron chi connectivity index (χ0n) is 12.2. The third-order valence-electron chi connectivity index (χ3n) is 2.53. The van der Waals surface area contributed by atoms with Crippen molar-refractivity contribution in [2.75, 3.05) is 18.4 Å². The Hall–Kier alpha value is -1.07. The summed E-state index contributed by atoms with van der Waals surface area (Å²) in [6.07, 6.45) is 0.782. The Kier molecular flexibility index (Phi) is 5.38. The Morgan fingerprint density at radius 2 is 1.68 bits per heavy atom. The SMILES string of the molecule is CCCNS(=O)(=O)c1ccc(NCC(C)(C)C)cc1. The summed E-state index contributed by atoms with van der Waals surface area (Å²) in [6, 6.07) is 6.85. The van der Waals surface area contributed by atoms with E-state index in [0.717, 1.165) is 18.7 Å². The summed E-state index contributed by atoms with van der Waals surface area (Å²) >= 11 is 0. The number of hydrogen-bond donors (Lipinski definition) is 2. The van der Waals surface area contributed by atoms with E-state index in [-0.39, 0.29) is 5.41 Å². The van der Waals surface area contributed by atoms with E-state index in [4.69, 9.17) is 0 Å². The second-order valence-electron chi connectivity index (χ2n) is 5.84. The first-order chi connectivity index (χ1) is 8.74. The molecule has 0 atom stereocenters. The van der Waals surface area contributed by atoms with Gasteiger partial charge in [-0.1, -0.05) is 27.7 Å². The highest BCUT2D eigenvalue weighted by Crippen LogP contribution is 2.17. The molecule has 0 bridgehead atoms. The van der Waals surface area contributed by atoms with Gasteiger partial charge in [-0.15, -0.1) is 0 Å². The molecule has 1 aromatic rings. The summed E-state index contributed by atoms with van der Waals surface area (Å²) in [7, 11) is -3.36. The predicted octanol–water partition coefficient (Wildman–Crippen LogP) is 2.83. The molecule has 0 saturated carbocycles. The maximum Gasteiger partial charge on any atom is 0.240 e. The van der Waals surface area contributed by atoms with E-state index in [1.807, 2.05) is 6.92 Å². The summed E-state index contributed by atoms with van der Waals surface area (Å²) in [5.74, 6) is 0. The van der Waals surface area contributed by atoms with Crippen LogP contribution >= 0.6 is 0 Å². The molecule has 0 aromatic heterocycles. The number of sulfonamides is 1. The van der Waals surface area contributed by atoms with Crippen LogP contribution in [0.15, 0.2) is 29.2 Å². The molecule has 0 amide bonds. The standard InChI is InChI=1S/C14H24N2O2S/c1-5-10-16-19(17,18)13-8-6-12(7-9-13)15-11-14(2,3)4/h6-9,15-16H,5,10-11H2,1-4H3. The van der Waals surface area contributed by atoms with E-state index >= 15 is 0 Å². The number of anilines is 1. The third kappa shape index (κ3) is 5.61. The Labute approximate surface area is 116 Å². The fourth-order valence-electron chi connectivity index (χ4n) is 1.44. The fourth-order valence-corrected chi connectivity index (χ4v) is 2.57. The Morgan fingerprint density at radius 3 is 2.16 bits per heavy atom. The van der Waals surface area contributed by atoms with Crippen molar-refractivity contribution in [2.45, 2.75) is 39.0 Å². The molecular formula is C14H24N2O2S. The van der Waals surface area contributed by atoms with Crippen LogP contribution in [-0.4, -0.2) is 21.5 Å². The topological polar surface area (TPSA) is 58.2 Å². The van der Waals surface area contributed by atoms with Crippen molar-refractivity contribution >= 4 is 15.7 Å². The molecule has 0 fully saturated rings. The van der Waals surface area contributed by atoms with Crippen molar-refractivity contribution in [3.63, 3.8) is 0 Å². The van der Waals surface area contributed by atoms with Crippen LogP contribution in [0.5, 0.6) is 0 Å². The molecule has 1 rings (SSSR count). The highest BCUT2D eigenvalue weighted by atomic mass is 32.2. The minimum atomic E-state index is -3.36. The number of nitrogens with one attached hydrogen (secondary N) is 2. The molecule has 1 aromatic carbocycles. The van der Waals surface area contributed by atoms with Gasteiger partial charge in [-0.2, -0.15) is 0 Å². The number of hydrogen-bond acceptors (Lipinski definition) is 3.